The first-order valence-corrected chi connectivity index (χ1v) is 7.78. The van der Waals surface area contributed by atoms with Gasteiger partial charge < -0.3 is 19.5 Å². The number of ether oxygens (including phenoxy) is 3. The lowest BCUT2D eigenvalue weighted by Crippen LogP contribution is -2.21. The molecule has 1 aromatic carbocycles. The maximum Gasteiger partial charge on any atom is 0.161 e. The Kier molecular flexibility index (Phi) is 8.87. The third-order valence-electron chi connectivity index (χ3n) is 3.07. The molecule has 0 spiro atoms. The van der Waals surface area contributed by atoms with Crippen molar-refractivity contribution in [2.24, 2.45) is 0 Å². The van der Waals surface area contributed by atoms with E-state index < -0.39 is 0 Å². The van der Waals surface area contributed by atoms with Crippen LogP contribution in [0.3, 0.4) is 0 Å². The van der Waals surface area contributed by atoms with Gasteiger partial charge in [-0.05, 0) is 24.1 Å². The summed E-state index contributed by atoms with van der Waals surface area (Å²) in [5.74, 6) is 1.54. The lowest BCUT2D eigenvalue weighted by molar-refractivity contribution is 0.0970. The molecule has 0 heterocycles. The van der Waals surface area contributed by atoms with E-state index in [1.54, 1.807) is 7.11 Å². The van der Waals surface area contributed by atoms with Crippen LogP contribution in [0.15, 0.2) is 18.2 Å². The molecule has 0 aliphatic heterocycles. The van der Waals surface area contributed by atoms with E-state index >= 15 is 0 Å². The smallest absolute Gasteiger partial charge is 0.161 e. The molecular weight excluding hydrogens is 266 g/mol. The second-order valence-corrected chi connectivity index (χ2v) is 5.34. The Balaban J connectivity index is 2.43. The van der Waals surface area contributed by atoms with Gasteiger partial charge in [0.05, 0.1) is 13.7 Å². The highest BCUT2D eigenvalue weighted by atomic mass is 16.5. The summed E-state index contributed by atoms with van der Waals surface area (Å²) in [6.07, 6.45) is 2.25. The standard InChI is InChI=1S/C17H29NO3/c1-5-6-9-20-10-11-21-16-8-7-15(12-17(16)19-4)13-18-14(2)3/h7-8,12,14,18H,5-6,9-11,13H2,1-4H3. The fourth-order valence-electron chi connectivity index (χ4n) is 1.82. The van der Waals surface area contributed by atoms with Crippen LogP contribution in [-0.2, 0) is 11.3 Å². The van der Waals surface area contributed by atoms with Gasteiger partial charge >= 0.3 is 0 Å². The Morgan fingerprint density at radius 1 is 1.10 bits per heavy atom. The van der Waals surface area contributed by atoms with Crippen LogP contribution in [0.4, 0.5) is 0 Å². The Morgan fingerprint density at radius 3 is 2.57 bits per heavy atom. The molecule has 0 bridgehead atoms. The molecule has 0 aromatic heterocycles. The van der Waals surface area contributed by atoms with Crippen LogP contribution in [-0.4, -0.2) is 33.0 Å². The van der Waals surface area contributed by atoms with Crippen molar-refractivity contribution in [1.82, 2.24) is 5.32 Å². The second kappa shape index (κ2) is 10.5. The average molecular weight is 295 g/mol. The van der Waals surface area contributed by atoms with Gasteiger partial charge in [0.15, 0.2) is 11.5 Å². The number of methoxy groups -OCH3 is 1. The summed E-state index contributed by atoms with van der Waals surface area (Å²) in [6, 6.07) is 6.50. The van der Waals surface area contributed by atoms with E-state index in [1.807, 2.05) is 12.1 Å². The fourth-order valence-corrected chi connectivity index (χ4v) is 1.82. The van der Waals surface area contributed by atoms with E-state index in [4.69, 9.17) is 14.2 Å². The molecule has 1 N–H and O–H groups in total. The number of hydrogen-bond donors (Lipinski definition) is 1. The van der Waals surface area contributed by atoms with Crippen LogP contribution < -0.4 is 14.8 Å². The molecule has 4 heteroatoms. The summed E-state index contributed by atoms with van der Waals surface area (Å²) >= 11 is 0. The van der Waals surface area contributed by atoms with Crippen molar-refractivity contribution in [2.75, 3.05) is 26.9 Å². The number of rotatable bonds is 11. The first-order chi connectivity index (χ1) is 10.2. The van der Waals surface area contributed by atoms with E-state index in [-0.39, 0.29) is 0 Å². The van der Waals surface area contributed by atoms with Gasteiger partial charge in [0.1, 0.15) is 6.61 Å². The first-order valence-electron chi connectivity index (χ1n) is 7.78. The van der Waals surface area contributed by atoms with Gasteiger partial charge in [-0.15, -0.1) is 0 Å². The minimum Gasteiger partial charge on any atom is -0.493 e. The molecule has 4 nitrogen and oxygen atoms in total. The molecule has 0 aliphatic rings. The summed E-state index contributed by atoms with van der Waals surface area (Å²) in [5.41, 5.74) is 1.19. The minimum atomic E-state index is 0.465. The SMILES string of the molecule is CCCCOCCOc1ccc(CNC(C)C)cc1OC. The first kappa shape index (κ1) is 17.8. The highest BCUT2D eigenvalue weighted by Crippen LogP contribution is 2.28. The average Bonchev–Trinajstić information content (AvgIpc) is 2.49. The highest BCUT2D eigenvalue weighted by molar-refractivity contribution is 5.42. The van der Waals surface area contributed by atoms with Gasteiger partial charge in [0.2, 0.25) is 0 Å². The van der Waals surface area contributed by atoms with Gasteiger partial charge in [0.25, 0.3) is 0 Å². The van der Waals surface area contributed by atoms with Gasteiger partial charge in [0, 0.05) is 19.2 Å². The summed E-state index contributed by atoms with van der Waals surface area (Å²) in [4.78, 5) is 0. The topological polar surface area (TPSA) is 39.7 Å². The molecule has 0 aliphatic carbocycles. The van der Waals surface area contributed by atoms with E-state index in [0.29, 0.717) is 19.3 Å². The van der Waals surface area contributed by atoms with Crippen LogP contribution in [0.1, 0.15) is 39.2 Å². The van der Waals surface area contributed by atoms with Crippen LogP contribution in [0.25, 0.3) is 0 Å². The normalized spacial score (nSPS) is 10.9. The molecule has 0 radical (unpaired) electrons. The predicted octanol–water partition coefficient (Wildman–Crippen LogP) is 3.39. The summed E-state index contributed by atoms with van der Waals surface area (Å²) in [7, 11) is 1.67. The summed E-state index contributed by atoms with van der Waals surface area (Å²) in [5, 5.41) is 3.39. The van der Waals surface area contributed by atoms with Crippen molar-refractivity contribution >= 4 is 0 Å². The van der Waals surface area contributed by atoms with E-state index in [2.05, 4.69) is 32.2 Å². The van der Waals surface area contributed by atoms with E-state index in [9.17, 15) is 0 Å². The van der Waals surface area contributed by atoms with Gasteiger partial charge in [-0.25, -0.2) is 0 Å². The Labute approximate surface area is 128 Å². The molecule has 0 atom stereocenters. The predicted molar refractivity (Wildman–Crippen MR) is 86.2 cm³/mol. The molecule has 0 amide bonds. The van der Waals surface area contributed by atoms with Crippen LogP contribution in [0, 0.1) is 0 Å². The van der Waals surface area contributed by atoms with Crippen molar-refractivity contribution in [3.63, 3.8) is 0 Å². The zero-order valence-electron chi connectivity index (χ0n) is 13.8. The quantitative estimate of drug-likeness (QED) is 0.635. The third kappa shape index (κ3) is 7.34. The van der Waals surface area contributed by atoms with Gasteiger partial charge in [-0.1, -0.05) is 33.3 Å². The van der Waals surface area contributed by atoms with Crippen molar-refractivity contribution in [1.29, 1.82) is 0 Å². The zero-order chi connectivity index (χ0) is 15.5. The monoisotopic (exact) mass is 295 g/mol. The van der Waals surface area contributed by atoms with Crippen LogP contribution >= 0.6 is 0 Å². The molecule has 0 fully saturated rings. The molecule has 0 saturated carbocycles. The molecule has 120 valence electrons. The van der Waals surface area contributed by atoms with Crippen LogP contribution in [0.2, 0.25) is 0 Å². The highest BCUT2D eigenvalue weighted by Gasteiger charge is 2.06. The van der Waals surface area contributed by atoms with Crippen molar-refractivity contribution in [3.05, 3.63) is 23.8 Å². The van der Waals surface area contributed by atoms with Crippen molar-refractivity contribution < 1.29 is 14.2 Å². The molecule has 0 unspecified atom stereocenters. The Bertz CT molecular complexity index is 394. The number of hydrogen-bond acceptors (Lipinski definition) is 4. The molecular formula is C17H29NO3. The molecule has 0 saturated heterocycles. The number of nitrogens with one attached hydrogen (secondary N) is 1. The maximum atomic E-state index is 5.72. The number of unbranched alkanes of at least 4 members (excludes halogenated alkanes) is 1. The lowest BCUT2D eigenvalue weighted by Gasteiger charge is -2.13. The fraction of sp³-hybridized carbons (Fsp3) is 0.647. The Hall–Kier alpha value is -1.26. The van der Waals surface area contributed by atoms with E-state index in [1.165, 1.54) is 5.56 Å². The summed E-state index contributed by atoms with van der Waals surface area (Å²) < 4.78 is 16.6. The molecule has 1 rings (SSSR count). The minimum absolute atomic E-state index is 0.465. The van der Waals surface area contributed by atoms with Gasteiger partial charge in [-0.2, -0.15) is 0 Å². The van der Waals surface area contributed by atoms with E-state index in [0.717, 1.165) is 37.5 Å². The third-order valence-corrected chi connectivity index (χ3v) is 3.07. The molecule has 1 aromatic rings. The number of benzene rings is 1. The Morgan fingerprint density at radius 2 is 1.90 bits per heavy atom. The summed E-state index contributed by atoms with van der Waals surface area (Å²) in [6.45, 7) is 9.20. The van der Waals surface area contributed by atoms with Crippen molar-refractivity contribution in [2.45, 2.75) is 46.2 Å². The second-order valence-electron chi connectivity index (χ2n) is 5.34. The van der Waals surface area contributed by atoms with Gasteiger partial charge in [-0.3, -0.25) is 0 Å². The largest absolute Gasteiger partial charge is 0.493 e. The van der Waals surface area contributed by atoms with Crippen molar-refractivity contribution in [3.8, 4) is 11.5 Å². The maximum absolute atomic E-state index is 5.72. The lowest BCUT2D eigenvalue weighted by atomic mass is 10.2. The van der Waals surface area contributed by atoms with Crippen LogP contribution in [0.5, 0.6) is 11.5 Å². The molecule has 21 heavy (non-hydrogen) atoms. The zero-order valence-corrected chi connectivity index (χ0v) is 13.8.